The van der Waals surface area contributed by atoms with Gasteiger partial charge in [-0.3, -0.25) is 9.48 Å². The molecule has 0 aliphatic carbocycles. The summed E-state index contributed by atoms with van der Waals surface area (Å²) in [6.45, 7) is 3.37. The monoisotopic (exact) mass is 307 g/mol. The lowest BCUT2D eigenvalue weighted by molar-refractivity contribution is -0.139. The summed E-state index contributed by atoms with van der Waals surface area (Å²) in [7, 11) is 1.71. The van der Waals surface area contributed by atoms with E-state index >= 15 is 0 Å². The van der Waals surface area contributed by atoms with Crippen molar-refractivity contribution in [3.63, 3.8) is 0 Å². The Hall–Kier alpha value is -2.21. The standard InChI is InChI=1S/C14H14ClN3O3/c1-8-12(9(2)18(3)17-8)13(19)14(20)21-7-10-4-5-11(15)16-6-10/h4-6H,7H2,1-3H3. The summed E-state index contributed by atoms with van der Waals surface area (Å²) in [4.78, 5) is 27.8. The maximum atomic E-state index is 12.1. The average Bonchev–Trinajstić information content (AvgIpc) is 2.70. The van der Waals surface area contributed by atoms with Gasteiger partial charge in [0.25, 0.3) is 5.78 Å². The van der Waals surface area contributed by atoms with Gasteiger partial charge in [0.15, 0.2) is 0 Å². The van der Waals surface area contributed by atoms with Crippen LogP contribution in [0.1, 0.15) is 27.3 Å². The molecule has 0 aromatic carbocycles. The van der Waals surface area contributed by atoms with Gasteiger partial charge in [-0.15, -0.1) is 0 Å². The molecule has 6 nitrogen and oxygen atoms in total. The van der Waals surface area contributed by atoms with Crippen molar-refractivity contribution in [1.29, 1.82) is 0 Å². The number of ether oxygens (including phenoxy) is 1. The molecule has 0 atom stereocenters. The van der Waals surface area contributed by atoms with E-state index in [1.807, 2.05) is 0 Å². The predicted octanol–water partition coefficient (Wildman–Crippen LogP) is 2.01. The lowest BCUT2D eigenvalue weighted by atomic mass is 10.1. The summed E-state index contributed by atoms with van der Waals surface area (Å²) in [6.07, 6.45) is 1.49. The van der Waals surface area contributed by atoms with Crippen LogP contribution in [0.25, 0.3) is 0 Å². The summed E-state index contributed by atoms with van der Waals surface area (Å²) in [5, 5.41) is 4.46. The van der Waals surface area contributed by atoms with Crippen molar-refractivity contribution >= 4 is 23.4 Å². The van der Waals surface area contributed by atoms with Gasteiger partial charge in [-0.1, -0.05) is 17.7 Å². The zero-order chi connectivity index (χ0) is 15.6. The van der Waals surface area contributed by atoms with E-state index in [0.29, 0.717) is 22.1 Å². The number of Topliss-reactive ketones (excluding diaryl/α,β-unsaturated/α-hetero) is 1. The number of hydrogen-bond acceptors (Lipinski definition) is 5. The Bertz CT molecular complexity index is 692. The fourth-order valence-corrected chi connectivity index (χ4v) is 2.02. The highest BCUT2D eigenvalue weighted by atomic mass is 35.5. The molecular formula is C14H14ClN3O3. The van der Waals surface area contributed by atoms with Crippen molar-refractivity contribution in [1.82, 2.24) is 14.8 Å². The van der Waals surface area contributed by atoms with Crippen molar-refractivity contribution < 1.29 is 14.3 Å². The highest BCUT2D eigenvalue weighted by Crippen LogP contribution is 2.14. The van der Waals surface area contributed by atoms with Crippen LogP contribution in [0.5, 0.6) is 0 Å². The molecule has 2 heterocycles. The molecule has 0 bridgehead atoms. The summed E-state index contributed by atoms with van der Waals surface area (Å²) in [6, 6.07) is 3.26. The van der Waals surface area contributed by atoms with Gasteiger partial charge < -0.3 is 4.74 Å². The van der Waals surface area contributed by atoms with Crippen LogP contribution in [-0.4, -0.2) is 26.5 Å². The Balaban J connectivity index is 2.06. The number of pyridine rings is 1. The largest absolute Gasteiger partial charge is 0.455 e. The summed E-state index contributed by atoms with van der Waals surface area (Å²) >= 11 is 5.66. The lowest BCUT2D eigenvalue weighted by Gasteiger charge is -2.04. The highest BCUT2D eigenvalue weighted by molar-refractivity contribution is 6.41. The van der Waals surface area contributed by atoms with Crippen LogP contribution >= 0.6 is 11.6 Å². The van der Waals surface area contributed by atoms with Crippen LogP contribution < -0.4 is 0 Å². The third-order valence-electron chi connectivity index (χ3n) is 3.08. The molecule has 0 aliphatic heterocycles. The molecular weight excluding hydrogens is 294 g/mol. The molecule has 110 valence electrons. The van der Waals surface area contributed by atoms with Crippen molar-refractivity contribution in [2.75, 3.05) is 0 Å². The maximum absolute atomic E-state index is 12.1. The second-order valence-electron chi connectivity index (χ2n) is 4.56. The molecule has 0 saturated heterocycles. The fraction of sp³-hybridized carbons (Fsp3) is 0.286. The Labute approximate surface area is 126 Å². The van der Waals surface area contributed by atoms with Crippen molar-refractivity contribution in [2.45, 2.75) is 20.5 Å². The van der Waals surface area contributed by atoms with Crippen molar-refractivity contribution in [2.24, 2.45) is 7.05 Å². The Kier molecular flexibility index (Phi) is 4.37. The molecule has 0 aliphatic rings. The number of rotatable bonds is 4. The number of halogens is 1. The van der Waals surface area contributed by atoms with E-state index in [1.165, 1.54) is 6.20 Å². The number of carbonyl (C=O) groups is 2. The quantitative estimate of drug-likeness (QED) is 0.374. The van der Waals surface area contributed by atoms with Crippen LogP contribution in [0, 0.1) is 13.8 Å². The first-order valence-corrected chi connectivity index (χ1v) is 6.60. The van der Waals surface area contributed by atoms with Gasteiger partial charge in [0.2, 0.25) is 0 Å². The molecule has 7 heteroatoms. The SMILES string of the molecule is Cc1nn(C)c(C)c1C(=O)C(=O)OCc1ccc(Cl)nc1. The minimum absolute atomic E-state index is 0.0346. The van der Waals surface area contributed by atoms with Crippen LogP contribution in [0.2, 0.25) is 5.15 Å². The van der Waals surface area contributed by atoms with Gasteiger partial charge in [-0.2, -0.15) is 5.10 Å². The lowest BCUT2D eigenvalue weighted by Crippen LogP contribution is -2.19. The number of ketones is 1. The second kappa shape index (κ2) is 6.05. The smallest absolute Gasteiger partial charge is 0.380 e. The third kappa shape index (κ3) is 3.28. The van der Waals surface area contributed by atoms with Gasteiger partial charge in [-0.05, 0) is 19.9 Å². The van der Waals surface area contributed by atoms with Crippen molar-refractivity contribution in [3.05, 3.63) is 46.0 Å². The van der Waals surface area contributed by atoms with E-state index in [4.69, 9.17) is 16.3 Å². The number of hydrogen-bond donors (Lipinski definition) is 0. The topological polar surface area (TPSA) is 74.1 Å². The molecule has 0 spiro atoms. The van der Waals surface area contributed by atoms with Gasteiger partial charge in [0, 0.05) is 24.5 Å². The fourth-order valence-electron chi connectivity index (χ4n) is 1.91. The third-order valence-corrected chi connectivity index (χ3v) is 3.30. The molecule has 21 heavy (non-hydrogen) atoms. The van der Waals surface area contributed by atoms with E-state index in [2.05, 4.69) is 10.1 Å². The van der Waals surface area contributed by atoms with Gasteiger partial charge in [0.1, 0.15) is 11.8 Å². The molecule has 0 saturated carbocycles. The number of carbonyl (C=O) groups excluding carboxylic acids is 2. The van der Waals surface area contributed by atoms with Crippen LogP contribution in [0.15, 0.2) is 18.3 Å². The first kappa shape index (κ1) is 15.2. The number of aromatic nitrogens is 3. The molecule has 0 fully saturated rings. The zero-order valence-corrected chi connectivity index (χ0v) is 12.6. The van der Waals surface area contributed by atoms with Gasteiger partial charge in [0.05, 0.1) is 11.3 Å². The molecule has 2 rings (SSSR count). The number of esters is 1. The Morgan fingerprint density at radius 2 is 2.05 bits per heavy atom. The average molecular weight is 308 g/mol. The highest BCUT2D eigenvalue weighted by Gasteiger charge is 2.25. The van der Waals surface area contributed by atoms with E-state index in [0.717, 1.165) is 0 Å². The van der Waals surface area contributed by atoms with Crippen molar-refractivity contribution in [3.8, 4) is 0 Å². The molecule has 2 aromatic heterocycles. The first-order chi connectivity index (χ1) is 9.90. The minimum Gasteiger partial charge on any atom is -0.455 e. The first-order valence-electron chi connectivity index (χ1n) is 6.22. The molecule has 0 radical (unpaired) electrons. The van der Waals surface area contributed by atoms with E-state index in [-0.39, 0.29) is 12.2 Å². The second-order valence-corrected chi connectivity index (χ2v) is 4.95. The van der Waals surface area contributed by atoms with E-state index < -0.39 is 11.8 Å². The summed E-state index contributed by atoms with van der Waals surface area (Å²) in [5.41, 5.74) is 2.07. The van der Waals surface area contributed by atoms with Gasteiger partial charge >= 0.3 is 5.97 Å². The normalized spacial score (nSPS) is 10.5. The zero-order valence-electron chi connectivity index (χ0n) is 11.9. The van der Waals surface area contributed by atoms with E-state index in [9.17, 15) is 9.59 Å². The summed E-state index contributed by atoms with van der Waals surface area (Å²) < 4.78 is 6.55. The number of aryl methyl sites for hydroxylation is 2. The molecule has 2 aromatic rings. The van der Waals surface area contributed by atoms with Crippen LogP contribution in [0.3, 0.4) is 0 Å². The Morgan fingerprint density at radius 3 is 2.57 bits per heavy atom. The number of nitrogens with zero attached hydrogens (tertiary/aromatic N) is 3. The maximum Gasteiger partial charge on any atom is 0.380 e. The van der Waals surface area contributed by atoms with Crippen LogP contribution in [-0.2, 0) is 23.2 Å². The Morgan fingerprint density at radius 1 is 1.33 bits per heavy atom. The molecule has 0 N–H and O–H groups in total. The molecule has 0 amide bonds. The van der Waals surface area contributed by atoms with Crippen LogP contribution in [0.4, 0.5) is 0 Å². The van der Waals surface area contributed by atoms with E-state index in [1.54, 1.807) is 37.7 Å². The summed E-state index contributed by atoms with van der Waals surface area (Å²) in [5.74, 6) is -1.61. The van der Waals surface area contributed by atoms with Gasteiger partial charge in [-0.25, -0.2) is 9.78 Å². The minimum atomic E-state index is -0.913. The molecule has 0 unspecified atom stereocenters. The predicted molar refractivity (Wildman–Crippen MR) is 76.1 cm³/mol.